The van der Waals surface area contributed by atoms with Gasteiger partial charge >= 0.3 is 24.5 Å². The number of hydrogen-bond donors (Lipinski definition) is 1. The van der Waals surface area contributed by atoms with Crippen molar-refractivity contribution < 1.29 is 54.2 Å². The Morgan fingerprint density at radius 2 is 1.34 bits per heavy atom. The summed E-state index contributed by atoms with van der Waals surface area (Å²) < 4.78 is 130. The number of carbonyl (C=O) groups is 1. The fourth-order valence-corrected chi connectivity index (χ4v) is 9.79. The zero-order valence-electron chi connectivity index (χ0n) is 23.4. The molecule has 3 nitrogen and oxygen atoms in total. The van der Waals surface area contributed by atoms with E-state index in [0.717, 1.165) is 39.0 Å². The van der Waals surface area contributed by atoms with Gasteiger partial charge in [0, 0.05) is 0 Å². The molecule has 0 aliphatic heterocycles. The van der Waals surface area contributed by atoms with Gasteiger partial charge in [0.15, 0.2) is 5.41 Å². The number of ether oxygens (including phenoxy) is 1. The van der Waals surface area contributed by atoms with E-state index in [0.29, 0.717) is 18.3 Å². The topological polar surface area (TPSA) is 46.5 Å². The largest absolute Gasteiger partial charge is 0.458 e. The van der Waals surface area contributed by atoms with Crippen LogP contribution in [0, 0.1) is 58.7 Å². The fourth-order valence-electron chi connectivity index (χ4n) is 9.79. The first-order valence-corrected chi connectivity index (χ1v) is 14.8. The second-order valence-corrected chi connectivity index (χ2v) is 14.5. The quantitative estimate of drug-likeness (QED) is 0.235. The summed E-state index contributed by atoms with van der Waals surface area (Å²) in [6.07, 6.45) is -14.5. The van der Waals surface area contributed by atoms with Crippen LogP contribution in [0.25, 0.3) is 0 Å². The lowest BCUT2D eigenvalue weighted by Crippen LogP contribution is -2.59. The smallest absolute Gasteiger partial charge is 0.426 e. The molecule has 0 aromatic rings. The first-order valence-electron chi connectivity index (χ1n) is 14.8. The minimum atomic E-state index is -5.94. The molecule has 6 fully saturated rings. The van der Waals surface area contributed by atoms with Crippen LogP contribution in [-0.4, -0.2) is 40.8 Å². The van der Waals surface area contributed by atoms with Crippen molar-refractivity contribution in [3.8, 4) is 0 Å². The van der Waals surface area contributed by atoms with Crippen molar-refractivity contribution in [3.63, 3.8) is 0 Å². The molecule has 6 rings (SSSR count). The van der Waals surface area contributed by atoms with E-state index in [-0.39, 0.29) is 36.5 Å². The normalized spacial score (nSPS) is 42.0. The standard InChI is InChI=1S/C29H39F9O3/c1-14-17-11-18(13-26(40,28(33,34)35)29(36,37)38)22(12-17)21(14)4-5-24(2,27(30,31)32)23(39)41-25(3)19-7-15-6-16(9-19)10-20(25)8-15/h14-22,40H,4-13H2,1-3H3. The summed E-state index contributed by atoms with van der Waals surface area (Å²) in [5.41, 5.74) is -8.73. The van der Waals surface area contributed by atoms with Crippen LogP contribution in [0.4, 0.5) is 39.5 Å². The summed E-state index contributed by atoms with van der Waals surface area (Å²) in [7, 11) is 0. The number of alkyl halides is 9. The molecule has 1 N–H and O–H groups in total. The van der Waals surface area contributed by atoms with Gasteiger partial charge in [-0.1, -0.05) is 6.92 Å². The second kappa shape index (κ2) is 9.65. The molecule has 0 spiro atoms. The Morgan fingerprint density at radius 1 is 0.829 bits per heavy atom. The molecule has 12 heteroatoms. The summed E-state index contributed by atoms with van der Waals surface area (Å²) in [6.45, 7) is 4.31. The zero-order valence-corrected chi connectivity index (χ0v) is 23.4. The Morgan fingerprint density at radius 3 is 1.78 bits per heavy atom. The van der Waals surface area contributed by atoms with Crippen molar-refractivity contribution in [2.45, 2.75) is 115 Å². The van der Waals surface area contributed by atoms with Crippen LogP contribution >= 0.6 is 0 Å². The molecule has 6 aliphatic rings. The number of hydrogen-bond acceptors (Lipinski definition) is 3. The number of rotatable bonds is 7. The van der Waals surface area contributed by atoms with Crippen molar-refractivity contribution in [1.82, 2.24) is 0 Å². The predicted molar refractivity (Wildman–Crippen MR) is 129 cm³/mol. The molecule has 6 unspecified atom stereocenters. The summed E-state index contributed by atoms with van der Waals surface area (Å²) >= 11 is 0. The van der Waals surface area contributed by atoms with Crippen LogP contribution in [0.5, 0.6) is 0 Å². The maximum atomic E-state index is 14.5. The first kappa shape index (κ1) is 31.2. The van der Waals surface area contributed by atoms with E-state index in [4.69, 9.17) is 4.74 Å². The second-order valence-electron chi connectivity index (χ2n) is 14.5. The highest BCUT2D eigenvalue weighted by atomic mass is 19.4. The van der Waals surface area contributed by atoms with E-state index < -0.39 is 71.7 Å². The van der Waals surface area contributed by atoms with Crippen molar-refractivity contribution in [2.75, 3.05) is 0 Å². The third kappa shape index (κ3) is 4.88. The average Bonchev–Trinajstić information content (AvgIpc) is 3.36. The van der Waals surface area contributed by atoms with Gasteiger partial charge in [0.2, 0.25) is 0 Å². The van der Waals surface area contributed by atoms with Gasteiger partial charge in [0.1, 0.15) is 5.60 Å². The molecule has 6 bridgehead atoms. The summed E-state index contributed by atoms with van der Waals surface area (Å²) in [6, 6.07) is 0. The Bertz CT molecular complexity index is 976. The SMILES string of the molecule is CC1C2CC(CC(O)(C(F)(F)F)C(F)(F)F)C(C2)C1CCC(C)(C(=O)OC1(C)C2CC3CC(C2)CC1C3)C(F)(F)F. The number of aliphatic hydroxyl groups is 1. The highest BCUT2D eigenvalue weighted by Gasteiger charge is 2.72. The number of fused-ring (bicyclic) bond motifs is 2. The molecule has 0 heterocycles. The van der Waals surface area contributed by atoms with Gasteiger partial charge in [-0.25, -0.2) is 0 Å². The molecule has 0 radical (unpaired) electrons. The van der Waals surface area contributed by atoms with E-state index in [9.17, 15) is 49.4 Å². The van der Waals surface area contributed by atoms with Gasteiger partial charge in [-0.05, 0) is 131 Å². The lowest BCUT2D eigenvalue weighted by molar-refractivity contribution is -0.373. The molecular formula is C29H39F9O3. The van der Waals surface area contributed by atoms with E-state index in [2.05, 4.69) is 0 Å². The molecule has 6 saturated carbocycles. The maximum absolute atomic E-state index is 14.5. The van der Waals surface area contributed by atoms with E-state index in [1.165, 1.54) is 0 Å². The van der Waals surface area contributed by atoms with Crippen LogP contribution in [0.1, 0.15) is 85.0 Å². The Labute approximate surface area is 233 Å². The number of halogens is 9. The Balaban J connectivity index is 1.31. The molecule has 0 amide bonds. The molecule has 6 aliphatic carbocycles. The average molecular weight is 607 g/mol. The van der Waals surface area contributed by atoms with Crippen LogP contribution in [0.15, 0.2) is 0 Å². The Kier molecular flexibility index (Phi) is 7.35. The van der Waals surface area contributed by atoms with Gasteiger partial charge in [-0.3, -0.25) is 4.79 Å². The third-order valence-electron chi connectivity index (χ3n) is 12.4. The minimum Gasteiger partial charge on any atom is -0.458 e. The molecule has 236 valence electrons. The van der Waals surface area contributed by atoms with Gasteiger partial charge in [-0.15, -0.1) is 0 Å². The molecule has 41 heavy (non-hydrogen) atoms. The monoisotopic (exact) mass is 606 g/mol. The van der Waals surface area contributed by atoms with Gasteiger partial charge in [0.25, 0.3) is 5.60 Å². The lowest BCUT2D eigenvalue weighted by atomic mass is 9.50. The lowest BCUT2D eigenvalue weighted by Gasteiger charge is -2.59. The van der Waals surface area contributed by atoms with Crippen LogP contribution < -0.4 is 0 Å². The van der Waals surface area contributed by atoms with Gasteiger partial charge in [0.05, 0.1) is 0 Å². The summed E-state index contributed by atoms with van der Waals surface area (Å²) in [4.78, 5) is 13.4. The summed E-state index contributed by atoms with van der Waals surface area (Å²) in [5, 5.41) is 9.77. The predicted octanol–water partition coefficient (Wildman–Crippen LogP) is 8.25. The highest BCUT2D eigenvalue weighted by Crippen LogP contribution is 2.63. The zero-order chi connectivity index (χ0) is 30.6. The van der Waals surface area contributed by atoms with Crippen LogP contribution in [0.2, 0.25) is 0 Å². The maximum Gasteiger partial charge on any atom is 0.426 e. The molecule has 6 atom stereocenters. The molecule has 0 aromatic heterocycles. The number of carbonyl (C=O) groups excluding carboxylic acids is 1. The van der Waals surface area contributed by atoms with Crippen molar-refractivity contribution in [3.05, 3.63) is 0 Å². The Hall–Kier alpha value is -1.20. The molecule has 0 aromatic carbocycles. The van der Waals surface area contributed by atoms with E-state index >= 15 is 0 Å². The third-order valence-corrected chi connectivity index (χ3v) is 12.4. The van der Waals surface area contributed by atoms with Gasteiger partial charge < -0.3 is 9.84 Å². The van der Waals surface area contributed by atoms with Crippen LogP contribution in [0.3, 0.4) is 0 Å². The minimum absolute atomic E-state index is 0.00699. The molecular weight excluding hydrogens is 567 g/mol. The van der Waals surface area contributed by atoms with Gasteiger partial charge in [-0.2, -0.15) is 39.5 Å². The van der Waals surface area contributed by atoms with Crippen molar-refractivity contribution in [2.24, 2.45) is 58.7 Å². The van der Waals surface area contributed by atoms with E-state index in [1.807, 2.05) is 0 Å². The fraction of sp³-hybridized carbons (Fsp3) is 0.966. The van der Waals surface area contributed by atoms with Crippen LogP contribution in [-0.2, 0) is 9.53 Å². The van der Waals surface area contributed by atoms with Crippen molar-refractivity contribution >= 4 is 5.97 Å². The summed E-state index contributed by atoms with van der Waals surface area (Å²) in [5.74, 6) is -3.25. The highest BCUT2D eigenvalue weighted by molar-refractivity contribution is 5.78. The van der Waals surface area contributed by atoms with Crippen molar-refractivity contribution in [1.29, 1.82) is 0 Å². The molecule has 0 saturated heterocycles. The first-order chi connectivity index (χ1) is 18.6. The number of esters is 1. The van der Waals surface area contributed by atoms with E-state index in [1.54, 1.807) is 13.8 Å².